The Hall–Kier alpha value is -10.1. The standard InChI is InChI=1S/2C36H24Cl2F3N2O5.Co/c2*1-19-16-27(44-3)17-20(2)32(19)48-33(29-18-28(37)35(42-29)46-25-12-6-22(40)7-13-25)31-34(45-24-10-4-21(39)5-11-24)30(38)36(43-31)47-26-14-8-23(41)9-15-26;/h2*4-18H,1-3H3;/q2*-1;+2/b33-31+;33-29+;. The molecule has 0 fully saturated rings. The molecule has 495 valence electrons. The van der Waals surface area contributed by atoms with Crippen molar-refractivity contribution in [2.75, 3.05) is 14.2 Å². The molecule has 0 saturated heterocycles. The van der Waals surface area contributed by atoms with E-state index in [1.54, 1.807) is 38.5 Å². The molecule has 0 spiro atoms. The molecule has 97 heavy (non-hydrogen) atoms. The molecule has 0 bridgehead atoms. The molecule has 8 aromatic carbocycles. The van der Waals surface area contributed by atoms with Gasteiger partial charge in [0.1, 0.15) is 130 Å². The maximum Gasteiger partial charge on any atom is 2.00 e. The summed E-state index contributed by atoms with van der Waals surface area (Å²) in [5.74, 6) is 0.749. The molecule has 1 radical (unpaired) electrons. The molecule has 0 atom stereocenters. The van der Waals surface area contributed by atoms with Crippen molar-refractivity contribution in [2.45, 2.75) is 27.7 Å². The summed E-state index contributed by atoms with van der Waals surface area (Å²) in [6.07, 6.45) is 1.49. The van der Waals surface area contributed by atoms with Crippen LogP contribution in [0.1, 0.15) is 33.6 Å². The van der Waals surface area contributed by atoms with Gasteiger partial charge in [0, 0.05) is 11.8 Å². The fraction of sp³-hybridized carbons (Fsp3) is 0.0833. The van der Waals surface area contributed by atoms with E-state index in [0.717, 1.165) is 0 Å². The van der Waals surface area contributed by atoms with Crippen molar-refractivity contribution in [1.82, 2.24) is 9.97 Å². The molecule has 10 aromatic rings. The van der Waals surface area contributed by atoms with Gasteiger partial charge in [0.15, 0.2) is 11.5 Å². The molecule has 14 nitrogen and oxygen atoms in total. The van der Waals surface area contributed by atoms with Crippen LogP contribution < -0.4 is 57.3 Å². The van der Waals surface area contributed by atoms with Gasteiger partial charge < -0.3 is 57.3 Å². The summed E-state index contributed by atoms with van der Waals surface area (Å²) in [6, 6.07) is 40.3. The van der Waals surface area contributed by atoms with Gasteiger partial charge in [-0.2, -0.15) is 0 Å². The predicted molar refractivity (Wildman–Crippen MR) is 352 cm³/mol. The first-order valence-corrected chi connectivity index (χ1v) is 30.1. The predicted octanol–water partition coefficient (Wildman–Crippen LogP) is 20.2. The fourth-order valence-electron chi connectivity index (χ4n) is 9.29. The van der Waals surface area contributed by atoms with Crippen LogP contribution in [0.15, 0.2) is 219 Å². The molecule has 0 N–H and O–H groups in total. The summed E-state index contributed by atoms with van der Waals surface area (Å²) in [4.78, 5) is 18.4. The van der Waals surface area contributed by atoms with Gasteiger partial charge in [-0.3, -0.25) is 0 Å². The van der Waals surface area contributed by atoms with E-state index in [9.17, 15) is 26.3 Å². The third kappa shape index (κ3) is 16.8. The van der Waals surface area contributed by atoms with Crippen molar-refractivity contribution in [3.05, 3.63) is 288 Å². The van der Waals surface area contributed by atoms with Crippen LogP contribution in [0.5, 0.6) is 75.0 Å². The number of allylic oxidation sites excluding steroid dienone is 1. The number of benzene rings is 8. The second kappa shape index (κ2) is 30.7. The van der Waals surface area contributed by atoms with Crippen LogP contribution in [0.4, 0.5) is 26.3 Å². The van der Waals surface area contributed by atoms with E-state index in [0.29, 0.717) is 45.3 Å². The quantitative estimate of drug-likeness (QED) is 0.0595. The molecule has 0 amide bonds. The molecule has 4 heterocycles. The summed E-state index contributed by atoms with van der Waals surface area (Å²) >= 11 is 26.9. The average molecular weight is 1440 g/mol. The Morgan fingerprint density at radius 3 is 1.19 bits per heavy atom. The third-order valence-corrected chi connectivity index (χ3v) is 15.0. The first kappa shape index (κ1) is 69.7. The number of ether oxygens (including phenoxy) is 10. The number of hydrogen-bond acceptors (Lipinski definition) is 12. The first-order chi connectivity index (χ1) is 46.1. The smallest absolute Gasteiger partial charge is 0.623 e. The van der Waals surface area contributed by atoms with E-state index >= 15 is 0 Å². The summed E-state index contributed by atoms with van der Waals surface area (Å²) in [5, 5.41) is 0.0896. The molecule has 12 rings (SSSR count). The van der Waals surface area contributed by atoms with E-state index in [1.807, 2.05) is 27.7 Å². The maximum absolute atomic E-state index is 13.8. The van der Waals surface area contributed by atoms with Crippen LogP contribution in [0, 0.1) is 62.6 Å². The van der Waals surface area contributed by atoms with Crippen LogP contribution in [0.25, 0.3) is 11.5 Å². The fourth-order valence-corrected chi connectivity index (χ4v) is 10.1. The molecule has 0 saturated carbocycles. The summed E-state index contributed by atoms with van der Waals surface area (Å²) in [7, 11) is 3.12. The number of methoxy groups -OCH3 is 2. The largest absolute Gasteiger partial charge is 2.00 e. The van der Waals surface area contributed by atoms with Crippen LogP contribution in [0.3, 0.4) is 0 Å². The van der Waals surface area contributed by atoms with Crippen LogP contribution in [0.2, 0.25) is 10.0 Å². The Labute approximate surface area is 581 Å². The van der Waals surface area contributed by atoms with E-state index in [1.165, 1.54) is 158 Å². The van der Waals surface area contributed by atoms with Gasteiger partial charge in [-0.05, 0) is 232 Å². The maximum atomic E-state index is 13.8. The third-order valence-electron chi connectivity index (χ3n) is 13.8. The van der Waals surface area contributed by atoms with Crippen molar-refractivity contribution < 1.29 is 90.5 Å². The molecule has 0 aliphatic carbocycles. The number of aliphatic imine (C=N–C) groups is 2. The van der Waals surface area contributed by atoms with Crippen LogP contribution >= 0.6 is 46.4 Å². The van der Waals surface area contributed by atoms with Crippen molar-refractivity contribution >= 4 is 69.7 Å². The number of nitrogens with zero attached hydrogens (tertiary/aromatic N) is 4. The minimum Gasteiger partial charge on any atom is -0.623 e. The van der Waals surface area contributed by atoms with Gasteiger partial charge in [-0.25, -0.2) is 36.3 Å². The second-order valence-corrected chi connectivity index (χ2v) is 22.4. The minimum absolute atomic E-state index is 0. The zero-order valence-electron chi connectivity index (χ0n) is 51.3. The molecule has 2 aromatic heterocycles. The SMILES string of the molecule is COc1cc(C)c(O/C(=C2/N=C(Oc3ccc(F)cc3)C(Cl)=C2Oc2ccc(F)cc2)c2cc(Cl)c(Oc3ccc(F)cc3)[n-]2)c(C)c1.COc1cc(C)c(O/C(=C2\C=C(Cl)C(Oc3ccc(F)cc3)=N2)c2[n-]c(Oc3ccc(F)cc3)c(Cl)c2Oc2ccc(F)cc2)c(C)c1.[Co+2]. The zero-order valence-corrected chi connectivity index (χ0v) is 55.4. The minimum atomic E-state index is -0.472. The second-order valence-electron chi connectivity index (χ2n) is 20.8. The Morgan fingerprint density at radius 2 is 0.763 bits per heavy atom. The monoisotopic (exact) mass is 1440 g/mol. The van der Waals surface area contributed by atoms with E-state index in [2.05, 4.69) is 20.0 Å². The van der Waals surface area contributed by atoms with Crippen LogP contribution in [-0.4, -0.2) is 26.0 Å². The van der Waals surface area contributed by atoms with Crippen molar-refractivity contribution in [3.8, 4) is 75.0 Å². The normalized spacial score (nSPS) is 13.5. The number of hydrogen-bond donors (Lipinski definition) is 0. The van der Waals surface area contributed by atoms with E-state index < -0.39 is 34.9 Å². The number of aryl methyl sites for hydroxylation is 4. The van der Waals surface area contributed by atoms with E-state index in [4.69, 9.17) is 93.8 Å². The number of halogens is 10. The Balaban J connectivity index is 0.000000208. The Morgan fingerprint density at radius 1 is 0.392 bits per heavy atom. The van der Waals surface area contributed by atoms with Gasteiger partial charge in [-0.1, -0.05) is 58.2 Å². The summed E-state index contributed by atoms with van der Waals surface area (Å²) < 4.78 is 142. The van der Waals surface area contributed by atoms with Crippen molar-refractivity contribution in [3.63, 3.8) is 0 Å². The van der Waals surface area contributed by atoms with Crippen molar-refractivity contribution in [1.29, 1.82) is 0 Å². The molecular weight excluding hydrogens is 1400 g/mol. The summed E-state index contributed by atoms with van der Waals surface area (Å²) in [5.41, 5.74) is 3.27. The van der Waals surface area contributed by atoms with Gasteiger partial charge in [0.2, 0.25) is 11.8 Å². The van der Waals surface area contributed by atoms with Gasteiger partial charge in [0.05, 0.1) is 19.2 Å². The van der Waals surface area contributed by atoms with Gasteiger partial charge in [-0.15, -0.1) is 0 Å². The van der Waals surface area contributed by atoms with E-state index in [-0.39, 0.29) is 141 Å². The Kier molecular flexibility index (Phi) is 22.1. The van der Waals surface area contributed by atoms with Gasteiger partial charge in [0.25, 0.3) is 0 Å². The molecule has 25 heteroatoms. The average Bonchev–Trinajstić information content (AvgIpc) is 1.64. The van der Waals surface area contributed by atoms with Gasteiger partial charge >= 0.3 is 16.8 Å². The summed E-state index contributed by atoms with van der Waals surface area (Å²) in [6.45, 7) is 7.34. The molecular formula is C72H48Cl4CoF6N4O10. The topological polar surface area (TPSA) is 145 Å². The molecule has 2 aliphatic rings. The number of rotatable bonds is 18. The molecule has 0 unspecified atom stereocenters. The first-order valence-electron chi connectivity index (χ1n) is 28.6. The van der Waals surface area contributed by atoms with Crippen molar-refractivity contribution in [2.24, 2.45) is 9.98 Å². The number of aromatic nitrogens is 2. The Bertz CT molecular complexity index is 4710. The zero-order chi connectivity index (χ0) is 67.9. The molecule has 2 aliphatic heterocycles. The van der Waals surface area contributed by atoms with Crippen LogP contribution in [-0.2, 0) is 16.8 Å².